The third kappa shape index (κ3) is 3.45. The molecule has 1 rings (SSSR count). The van der Waals surface area contributed by atoms with Gasteiger partial charge in [0.1, 0.15) is 5.82 Å². The number of hydrogen-bond donors (Lipinski definition) is 0. The van der Waals surface area contributed by atoms with Crippen LogP contribution in [0, 0.1) is 17.1 Å². The quantitative estimate of drug-likeness (QED) is 0.595. The maximum Gasteiger partial charge on any atom is 0.331 e. The fourth-order valence-corrected chi connectivity index (χ4v) is 1.98. The van der Waals surface area contributed by atoms with Gasteiger partial charge in [-0.05, 0) is 37.5 Å². The van der Waals surface area contributed by atoms with E-state index in [1.54, 1.807) is 6.92 Å². The Labute approximate surface area is 116 Å². The van der Waals surface area contributed by atoms with Crippen molar-refractivity contribution < 1.29 is 13.9 Å². The molecular weight excluding hydrogens is 269 g/mol. The smallest absolute Gasteiger partial charge is 0.331 e. The number of nitriles is 1. The van der Waals surface area contributed by atoms with Gasteiger partial charge in [-0.15, -0.1) is 11.6 Å². The lowest BCUT2D eigenvalue weighted by Gasteiger charge is -2.24. The molecule has 1 unspecified atom stereocenters. The summed E-state index contributed by atoms with van der Waals surface area (Å²) in [7, 11) is 0. The molecule has 19 heavy (non-hydrogen) atoms. The highest BCUT2D eigenvalue weighted by Gasteiger charge is 2.41. The molecule has 0 aliphatic heterocycles. The number of ether oxygens (including phenoxy) is 1. The highest BCUT2D eigenvalue weighted by atomic mass is 35.5. The van der Waals surface area contributed by atoms with Crippen LogP contribution in [0.2, 0.25) is 0 Å². The van der Waals surface area contributed by atoms with Crippen molar-refractivity contribution in [2.24, 2.45) is 0 Å². The van der Waals surface area contributed by atoms with Gasteiger partial charge < -0.3 is 4.74 Å². The van der Waals surface area contributed by atoms with Crippen molar-refractivity contribution in [3.63, 3.8) is 0 Å². The lowest BCUT2D eigenvalue weighted by atomic mass is 9.78. The molecule has 0 saturated carbocycles. The van der Waals surface area contributed by atoms with Crippen LogP contribution in [0.1, 0.15) is 25.3 Å². The molecule has 0 spiro atoms. The summed E-state index contributed by atoms with van der Waals surface area (Å²) in [6.07, 6.45) is 0.739. The third-order valence-corrected chi connectivity index (χ3v) is 3.10. The summed E-state index contributed by atoms with van der Waals surface area (Å²) in [5, 5.41) is 9.44. The molecule has 0 radical (unpaired) electrons. The van der Waals surface area contributed by atoms with Crippen molar-refractivity contribution in [2.75, 3.05) is 12.5 Å². The van der Waals surface area contributed by atoms with Gasteiger partial charge in [0.05, 0.1) is 12.7 Å². The lowest BCUT2D eigenvalue weighted by molar-refractivity contribution is -0.148. The van der Waals surface area contributed by atoms with Crippen LogP contribution in [0.4, 0.5) is 4.39 Å². The fourth-order valence-electron chi connectivity index (χ4n) is 1.85. The topological polar surface area (TPSA) is 50.1 Å². The number of esters is 1. The van der Waals surface area contributed by atoms with Crippen molar-refractivity contribution in [1.29, 1.82) is 5.26 Å². The molecule has 1 aromatic rings. The lowest BCUT2D eigenvalue weighted by Crippen LogP contribution is -2.36. The molecule has 3 nitrogen and oxygen atoms in total. The molecule has 0 aliphatic carbocycles. The molecule has 0 aromatic heterocycles. The fraction of sp³-hybridized carbons (Fsp3) is 0.429. The van der Waals surface area contributed by atoms with Gasteiger partial charge in [-0.2, -0.15) is 5.26 Å². The normalized spacial score (nSPS) is 13.4. The SMILES string of the molecule is CCOC(=O)C(C#N)(CCCCl)c1ccc(F)cc1. The minimum absolute atomic E-state index is 0.185. The predicted molar refractivity (Wildman–Crippen MR) is 70.3 cm³/mol. The average Bonchev–Trinajstić information content (AvgIpc) is 2.42. The highest BCUT2D eigenvalue weighted by molar-refractivity contribution is 6.17. The van der Waals surface area contributed by atoms with E-state index in [1.807, 2.05) is 6.07 Å². The van der Waals surface area contributed by atoms with E-state index in [1.165, 1.54) is 24.3 Å². The Kier molecular flexibility index (Phi) is 5.78. The molecule has 0 saturated heterocycles. The van der Waals surface area contributed by atoms with Crippen LogP contribution < -0.4 is 0 Å². The van der Waals surface area contributed by atoms with Crippen LogP contribution in [0.5, 0.6) is 0 Å². The van der Waals surface area contributed by atoms with Crippen LogP contribution >= 0.6 is 11.6 Å². The molecule has 0 heterocycles. The molecule has 1 atom stereocenters. The zero-order chi connectivity index (χ0) is 14.3. The van der Waals surface area contributed by atoms with E-state index in [2.05, 4.69) is 0 Å². The van der Waals surface area contributed by atoms with Gasteiger partial charge in [0.2, 0.25) is 0 Å². The number of nitrogens with zero attached hydrogens (tertiary/aromatic N) is 1. The van der Waals surface area contributed by atoms with Crippen molar-refractivity contribution in [2.45, 2.75) is 25.2 Å². The first kappa shape index (κ1) is 15.5. The number of carbonyl (C=O) groups is 1. The summed E-state index contributed by atoms with van der Waals surface area (Å²) in [6, 6.07) is 7.33. The number of halogens is 2. The Hall–Kier alpha value is -1.60. The number of benzene rings is 1. The van der Waals surface area contributed by atoms with E-state index in [0.29, 0.717) is 17.9 Å². The summed E-state index contributed by atoms with van der Waals surface area (Å²) in [5.74, 6) is -0.699. The van der Waals surface area contributed by atoms with Gasteiger partial charge in [0.25, 0.3) is 0 Å². The van der Waals surface area contributed by atoms with Gasteiger partial charge in [0.15, 0.2) is 5.41 Å². The molecule has 0 amide bonds. The Morgan fingerprint density at radius 3 is 2.58 bits per heavy atom. The van der Waals surface area contributed by atoms with E-state index in [0.717, 1.165) is 0 Å². The molecule has 1 aromatic carbocycles. The first-order chi connectivity index (χ1) is 9.10. The second-order valence-electron chi connectivity index (χ2n) is 4.04. The van der Waals surface area contributed by atoms with Crippen molar-refractivity contribution >= 4 is 17.6 Å². The second kappa shape index (κ2) is 7.10. The number of hydrogen-bond acceptors (Lipinski definition) is 3. The molecule has 0 aliphatic rings. The molecule has 102 valence electrons. The van der Waals surface area contributed by atoms with Crippen LogP contribution in [0.3, 0.4) is 0 Å². The largest absolute Gasteiger partial charge is 0.465 e. The van der Waals surface area contributed by atoms with Gasteiger partial charge in [-0.1, -0.05) is 12.1 Å². The van der Waals surface area contributed by atoms with Gasteiger partial charge >= 0.3 is 5.97 Å². The monoisotopic (exact) mass is 283 g/mol. The van der Waals surface area contributed by atoms with E-state index in [4.69, 9.17) is 16.3 Å². The van der Waals surface area contributed by atoms with Crippen molar-refractivity contribution in [3.05, 3.63) is 35.6 Å². The molecule has 0 N–H and O–H groups in total. The van der Waals surface area contributed by atoms with Crippen molar-refractivity contribution in [1.82, 2.24) is 0 Å². The number of carbonyl (C=O) groups excluding carboxylic acids is 1. The zero-order valence-electron chi connectivity index (χ0n) is 10.7. The Morgan fingerprint density at radius 2 is 2.11 bits per heavy atom. The minimum atomic E-state index is -1.42. The summed E-state index contributed by atoms with van der Waals surface area (Å²) in [6.45, 7) is 1.86. The molecule has 5 heteroatoms. The molecular formula is C14H15ClFNO2. The third-order valence-electron chi connectivity index (χ3n) is 2.84. The predicted octanol–water partition coefficient (Wildman–Crippen LogP) is 3.17. The molecule has 0 fully saturated rings. The average molecular weight is 284 g/mol. The van der Waals surface area contributed by atoms with Gasteiger partial charge in [0, 0.05) is 5.88 Å². The summed E-state index contributed by atoms with van der Waals surface area (Å²) < 4.78 is 17.9. The van der Waals surface area contributed by atoms with Gasteiger partial charge in [-0.3, -0.25) is 0 Å². The Balaban J connectivity index is 3.19. The standard InChI is InChI=1S/C14H15ClFNO2/c1-2-19-13(18)14(10-17,8-3-9-15)11-4-6-12(16)7-5-11/h4-7H,2-3,8-9H2,1H3. The van der Waals surface area contributed by atoms with E-state index >= 15 is 0 Å². The summed E-state index contributed by atoms with van der Waals surface area (Å²) >= 11 is 5.64. The van der Waals surface area contributed by atoms with Crippen molar-refractivity contribution in [3.8, 4) is 6.07 Å². The molecule has 0 bridgehead atoms. The van der Waals surface area contributed by atoms with Crippen LogP contribution in [0.25, 0.3) is 0 Å². The van der Waals surface area contributed by atoms with E-state index < -0.39 is 17.2 Å². The Bertz CT molecular complexity index is 469. The number of rotatable bonds is 6. The van der Waals surface area contributed by atoms with Crippen LogP contribution in [0.15, 0.2) is 24.3 Å². The van der Waals surface area contributed by atoms with Gasteiger partial charge in [-0.25, -0.2) is 9.18 Å². The Morgan fingerprint density at radius 1 is 1.47 bits per heavy atom. The van der Waals surface area contributed by atoms with Crippen LogP contribution in [-0.2, 0) is 14.9 Å². The van der Waals surface area contributed by atoms with E-state index in [-0.39, 0.29) is 13.0 Å². The van der Waals surface area contributed by atoms with E-state index in [9.17, 15) is 14.4 Å². The maximum atomic E-state index is 13.0. The minimum Gasteiger partial charge on any atom is -0.465 e. The maximum absolute atomic E-state index is 13.0. The highest BCUT2D eigenvalue weighted by Crippen LogP contribution is 2.31. The number of alkyl halides is 1. The van der Waals surface area contributed by atoms with Crippen LogP contribution in [-0.4, -0.2) is 18.5 Å². The zero-order valence-corrected chi connectivity index (χ0v) is 11.4. The second-order valence-corrected chi connectivity index (χ2v) is 4.41. The summed E-state index contributed by atoms with van der Waals surface area (Å²) in [4.78, 5) is 12.1. The first-order valence-electron chi connectivity index (χ1n) is 6.01. The first-order valence-corrected chi connectivity index (χ1v) is 6.54. The summed E-state index contributed by atoms with van der Waals surface area (Å²) in [5.41, 5.74) is -0.988.